The summed E-state index contributed by atoms with van der Waals surface area (Å²) in [6.45, 7) is 0.761. The fourth-order valence-electron chi connectivity index (χ4n) is 2.40. The summed E-state index contributed by atoms with van der Waals surface area (Å²) in [5, 5.41) is 9.98. The van der Waals surface area contributed by atoms with Crippen molar-refractivity contribution in [3.05, 3.63) is 33.8 Å². The van der Waals surface area contributed by atoms with Gasteiger partial charge < -0.3 is 4.74 Å². The van der Waals surface area contributed by atoms with Gasteiger partial charge in [0.25, 0.3) is 0 Å². The maximum atomic E-state index is 12.2. The van der Waals surface area contributed by atoms with Gasteiger partial charge in [0.1, 0.15) is 5.92 Å². The monoisotopic (exact) mass is 311 g/mol. The molecule has 2 rings (SSSR count). The van der Waals surface area contributed by atoms with Gasteiger partial charge in [-0.2, -0.15) is 5.26 Å². The highest BCUT2D eigenvalue weighted by Crippen LogP contribution is 2.33. The number of benzene rings is 1. The van der Waals surface area contributed by atoms with E-state index in [4.69, 9.17) is 27.9 Å². The third kappa shape index (κ3) is 3.52. The molecular weight excluding hydrogens is 297 g/mol. The fourth-order valence-corrected chi connectivity index (χ4v) is 3.02. The molecule has 1 aliphatic heterocycles. The van der Waals surface area contributed by atoms with E-state index in [1.807, 2.05) is 6.07 Å². The molecule has 1 aromatic rings. The van der Waals surface area contributed by atoms with Crippen LogP contribution in [-0.4, -0.2) is 18.5 Å². The fraction of sp³-hybridized carbons (Fsp3) is 0.467. The summed E-state index contributed by atoms with van der Waals surface area (Å²) >= 11 is 12.1. The van der Waals surface area contributed by atoms with Crippen LogP contribution in [-0.2, 0) is 9.53 Å². The predicted octanol–water partition coefficient (Wildman–Crippen LogP) is 4.13. The van der Waals surface area contributed by atoms with Crippen molar-refractivity contribution >= 4 is 29.0 Å². The van der Waals surface area contributed by atoms with E-state index in [1.54, 1.807) is 18.2 Å². The molecule has 3 nitrogen and oxygen atoms in total. The van der Waals surface area contributed by atoms with Gasteiger partial charge in [-0.1, -0.05) is 29.3 Å². The number of ketones is 1. The topological polar surface area (TPSA) is 50.1 Å². The Labute approximate surface area is 128 Å². The minimum Gasteiger partial charge on any atom is -0.378 e. The number of Topliss-reactive ketones (excluding diaryl/α,β-unsaturated/α-hetero) is 1. The summed E-state index contributed by atoms with van der Waals surface area (Å²) in [5.41, 5.74) is 0.413. The third-order valence-electron chi connectivity index (χ3n) is 3.48. The first-order chi connectivity index (χ1) is 9.63. The van der Waals surface area contributed by atoms with Gasteiger partial charge in [0.15, 0.2) is 5.78 Å². The normalized spacial score (nSPS) is 19.6. The number of nitrogens with zero attached hydrogens (tertiary/aromatic N) is 1. The standard InChI is InChI=1S/C15H15Cl2NO2/c16-12-4-1-5-13(17)15(12)11(9-18)14(19)7-6-10-3-2-8-20-10/h1,4-5,10-11H,2-3,6-8H2. The first-order valence-electron chi connectivity index (χ1n) is 6.61. The molecule has 0 spiro atoms. The van der Waals surface area contributed by atoms with Crippen LogP contribution in [0.5, 0.6) is 0 Å². The zero-order valence-electron chi connectivity index (χ0n) is 10.9. The van der Waals surface area contributed by atoms with Crippen molar-refractivity contribution in [3.8, 4) is 6.07 Å². The molecule has 1 fully saturated rings. The second-order valence-corrected chi connectivity index (χ2v) is 5.65. The SMILES string of the molecule is N#CC(C(=O)CCC1CCCO1)c1c(Cl)cccc1Cl. The van der Waals surface area contributed by atoms with Crippen molar-refractivity contribution < 1.29 is 9.53 Å². The van der Waals surface area contributed by atoms with Crippen LogP contribution in [0, 0.1) is 11.3 Å². The van der Waals surface area contributed by atoms with Gasteiger partial charge in [0.2, 0.25) is 0 Å². The molecule has 1 saturated heterocycles. The van der Waals surface area contributed by atoms with Crippen LogP contribution >= 0.6 is 23.2 Å². The van der Waals surface area contributed by atoms with Crippen LogP contribution in [0.25, 0.3) is 0 Å². The Hall–Kier alpha value is -1.08. The molecule has 0 bridgehead atoms. The minimum atomic E-state index is -0.905. The molecule has 0 aliphatic carbocycles. The van der Waals surface area contributed by atoms with Crippen LogP contribution in [0.15, 0.2) is 18.2 Å². The molecule has 0 radical (unpaired) electrons. The largest absolute Gasteiger partial charge is 0.378 e. The van der Waals surface area contributed by atoms with Crippen molar-refractivity contribution in [2.45, 2.75) is 37.7 Å². The quantitative estimate of drug-likeness (QED) is 0.821. The molecule has 5 heteroatoms. The first kappa shape index (κ1) is 15.3. The second kappa shape index (κ2) is 7.08. The van der Waals surface area contributed by atoms with Gasteiger partial charge in [-0.05, 0) is 31.4 Å². The summed E-state index contributed by atoms with van der Waals surface area (Å²) in [5.74, 6) is -1.06. The highest BCUT2D eigenvalue weighted by Gasteiger charge is 2.26. The van der Waals surface area contributed by atoms with Crippen LogP contribution in [0.1, 0.15) is 37.2 Å². The van der Waals surface area contributed by atoms with Crippen molar-refractivity contribution in [1.29, 1.82) is 5.26 Å². The van der Waals surface area contributed by atoms with Crippen LogP contribution in [0.3, 0.4) is 0 Å². The minimum absolute atomic E-state index is 0.139. The number of nitriles is 1. The van der Waals surface area contributed by atoms with Gasteiger partial charge in [0.05, 0.1) is 12.2 Å². The molecule has 0 amide bonds. The maximum Gasteiger partial charge on any atom is 0.154 e. The van der Waals surface area contributed by atoms with Gasteiger partial charge in [-0.15, -0.1) is 0 Å². The highest BCUT2D eigenvalue weighted by molar-refractivity contribution is 6.36. The molecular formula is C15H15Cl2NO2. The van der Waals surface area contributed by atoms with Crippen LogP contribution < -0.4 is 0 Å². The van der Waals surface area contributed by atoms with Gasteiger partial charge in [-0.3, -0.25) is 4.79 Å². The lowest BCUT2D eigenvalue weighted by atomic mass is 9.92. The van der Waals surface area contributed by atoms with E-state index < -0.39 is 5.92 Å². The molecule has 0 N–H and O–H groups in total. The van der Waals surface area contributed by atoms with E-state index in [2.05, 4.69) is 0 Å². The maximum absolute atomic E-state index is 12.2. The third-order valence-corrected chi connectivity index (χ3v) is 4.14. The highest BCUT2D eigenvalue weighted by atomic mass is 35.5. The molecule has 0 saturated carbocycles. The van der Waals surface area contributed by atoms with Crippen LogP contribution in [0.4, 0.5) is 0 Å². The number of hydrogen-bond acceptors (Lipinski definition) is 3. The summed E-state index contributed by atoms with van der Waals surface area (Å²) in [6.07, 6.45) is 3.12. The van der Waals surface area contributed by atoms with Crippen molar-refractivity contribution in [3.63, 3.8) is 0 Å². The summed E-state index contributed by atoms with van der Waals surface area (Å²) in [6, 6.07) is 6.99. The summed E-state index contributed by atoms with van der Waals surface area (Å²) < 4.78 is 5.48. The summed E-state index contributed by atoms with van der Waals surface area (Å²) in [7, 11) is 0. The molecule has 2 atom stereocenters. The molecule has 106 valence electrons. The number of carbonyl (C=O) groups excluding carboxylic acids is 1. The average molecular weight is 312 g/mol. The number of hydrogen-bond donors (Lipinski definition) is 0. The van der Waals surface area contributed by atoms with Crippen LogP contribution in [0.2, 0.25) is 10.0 Å². The van der Waals surface area contributed by atoms with E-state index >= 15 is 0 Å². The number of rotatable bonds is 5. The number of halogens is 2. The lowest BCUT2D eigenvalue weighted by Crippen LogP contribution is -2.15. The Bertz CT molecular complexity index is 513. The van der Waals surface area contributed by atoms with E-state index in [0.29, 0.717) is 28.5 Å². The first-order valence-corrected chi connectivity index (χ1v) is 7.37. The molecule has 20 heavy (non-hydrogen) atoms. The molecule has 2 unspecified atom stereocenters. The smallest absolute Gasteiger partial charge is 0.154 e. The van der Waals surface area contributed by atoms with Gasteiger partial charge in [0, 0.05) is 28.6 Å². The lowest BCUT2D eigenvalue weighted by Gasteiger charge is -2.14. The van der Waals surface area contributed by atoms with Crippen molar-refractivity contribution in [2.75, 3.05) is 6.61 Å². The Kier molecular flexibility index (Phi) is 5.42. The summed E-state index contributed by atoms with van der Waals surface area (Å²) in [4.78, 5) is 12.2. The van der Waals surface area contributed by atoms with Gasteiger partial charge >= 0.3 is 0 Å². The lowest BCUT2D eigenvalue weighted by molar-refractivity contribution is -0.120. The molecule has 1 aliphatic rings. The molecule has 1 aromatic carbocycles. The number of carbonyl (C=O) groups is 1. The Morgan fingerprint density at radius 3 is 2.70 bits per heavy atom. The van der Waals surface area contributed by atoms with E-state index in [1.165, 1.54) is 0 Å². The Morgan fingerprint density at radius 1 is 1.45 bits per heavy atom. The van der Waals surface area contributed by atoms with E-state index in [9.17, 15) is 10.1 Å². The average Bonchev–Trinajstić information content (AvgIpc) is 2.93. The van der Waals surface area contributed by atoms with Crippen molar-refractivity contribution in [1.82, 2.24) is 0 Å². The predicted molar refractivity (Wildman–Crippen MR) is 78.0 cm³/mol. The van der Waals surface area contributed by atoms with E-state index in [-0.39, 0.29) is 11.9 Å². The zero-order valence-corrected chi connectivity index (χ0v) is 12.5. The second-order valence-electron chi connectivity index (χ2n) is 4.84. The Morgan fingerprint density at radius 2 is 2.15 bits per heavy atom. The number of ether oxygens (including phenoxy) is 1. The van der Waals surface area contributed by atoms with Gasteiger partial charge in [-0.25, -0.2) is 0 Å². The zero-order chi connectivity index (χ0) is 14.5. The van der Waals surface area contributed by atoms with Crippen molar-refractivity contribution in [2.24, 2.45) is 0 Å². The molecule has 0 aromatic heterocycles. The van der Waals surface area contributed by atoms with E-state index in [0.717, 1.165) is 19.4 Å². The molecule has 1 heterocycles. The Balaban J connectivity index is 2.07.